The average Bonchev–Trinajstić information content (AvgIpc) is 3.08. The smallest absolute Gasteiger partial charge is 0.125 e. The number of rotatable bonds is 5. The van der Waals surface area contributed by atoms with E-state index in [9.17, 15) is 0 Å². The topological polar surface area (TPSA) is 30.5 Å². The van der Waals surface area contributed by atoms with Crippen molar-refractivity contribution < 1.29 is 9.47 Å². The van der Waals surface area contributed by atoms with E-state index in [-0.39, 0.29) is 5.41 Å². The van der Waals surface area contributed by atoms with Gasteiger partial charge in [-0.05, 0) is 67.0 Å². The van der Waals surface area contributed by atoms with Gasteiger partial charge in [0, 0.05) is 17.4 Å². The summed E-state index contributed by atoms with van der Waals surface area (Å²) in [4.78, 5) is 0. The molecule has 1 N–H and O–H groups in total. The Morgan fingerprint density at radius 3 is 2.16 bits per heavy atom. The Hall–Kier alpha value is -2.16. The summed E-state index contributed by atoms with van der Waals surface area (Å²) in [5, 5.41) is 3.46. The van der Waals surface area contributed by atoms with Gasteiger partial charge >= 0.3 is 0 Å². The monoisotopic (exact) mass is 339 g/mol. The molecule has 0 amide bonds. The number of hydrogen-bond acceptors (Lipinski definition) is 3. The van der Waals surface area contributed by atoms with E-state index in [1.54, 1.807) is 7.11 Å². The molecule has 3 rings (SSSR count). The van der Waals surface area contributed by atoms with Crippen LogP contribution in [0, 0.1) is 0 Å². The third kappa shape index (κ3) is 4.47. The lowest BCUT2D eigenvalue weighted by Gasteiger charge is -2.25. The molecule has 0 radical (unpaired) electrons. The van der Waals surface area contributed by atoms with Crippen molar-refractivity contribution in [1.82, 2.24) is 0 Å². The Morgan fingerprint density at radius 2 is 1.56 bits per heavy atom. The molecule has 1 aliphatic rings. The molecule has 0 bridgehead atoms. The molecule has 3 nitrogen and oxygen atoms in total. The first-order valence-corrected chi connectivity index (χ1v) is 9.18. The summed E-state index contributed by atoms with van der Waals surface area (Å²) in [5.41, 5.74) is 3.41. The van der Waals surface area contributed by atoms with Crippen LogP contribution in [0.4, 0.5) is 11.4 Å². The molecule has 0 aliphatic heterocycles. The maximum Gasteiger partial charge on any atom is 0.125 e. The molecule has 0 aromatic heterocycles. The molecule has 25 heavy (non-hydrogen) atoms. The highest BCUT2D eigenvalue weighted by atomic mass is 16.5. The first-order chi connectivity index (χ1) is 12.0. The van der Waals surface area contributed by atoms with Gasteiger partial charge in [-0.25, -0.2) is 0 Å². The second-order valence-corrected chi connectivity index (χ2v) is 7.84. The van der Waals surface area contributed by atoms with Gasteiger partial charge in [0.25, 0.3) is 0 Å². The molecule has 0 heterocycles. The van der Waals surface area contributed by atoms with E-state index >= 15 is 0 Å². The van der Waals surface area contributed by atoms with Crippen molar-refractivity contribution in [3.63, 3.8) is 0 Å². The number of ether oxygens (including phenoxy) is 2. The minimum atomic E-state index is 0.0621. The van der Waals surface area contributed by atoms with E-state index < -0.39 is 0 Å². The molecule has 0 unspecified atom stereocenters. The van der Waals surface area contributed by atoms with Crippen molar-refractivity contribution in [2.45, 2.75) is 58.0 Å². The van der Waals surface area contributed by atoms with Gasteiger partial charge in [-0.3, -0.25) is 0 Å². The Balaban J connectivity index is 1.84. The van der Waals surface area contributed by atoms with E-state index in [0.717, 1.165) is 22.9 Å². The zero-order valence-corrected chi connectivity index (χ0v) is 15.8. The van der Waals surface area contributed by atoms with Gasteiger partial charge in [-0.2, -0.15) is 0 Å². The van der Waals surface area contributed by atoms with E-state index in [4.69, 9.17) is 9.47 Å². The molecular weight excluding hydrogens is 310 g/mol. The average molecular weight is 339 g/mol. The third-order valence-electron chi connectivity index (χ3n) is 4.76. The summed E-state index contributed by atoms with van der Waals surface area (Å²) >= 11 is 0. The highest BCUT2D eigenvalue weighted by Gasteiger charge is 2.23. The highest BCUT2D eigenvalue weighted by Crippen LogP contribution is 2.36. The van der Waals surface area contributed by atoms with Gasteiger partial charge in [0.1, 0.15) is 11.5 Å². The van der Waals surface area contributed by atoms with Gasteiger partial charge in [0.05, 0.1) is 13.2 Å². The Kier molecular flexibility index (Phi) is 5.22. The molecule has 0 spiro atoms. The zero-order chi connectivity index (χ0) is 17.9. The van der Waals surface area contributed by atoms with Crippen LogP contribution in [-0.4, -0.2) is 13.2 Å². The molecule has 1 fully saturated rings. The molecule has 0 saturated heterocycles. The Bertz CT molecular complexity index is 695. The summed E-state index contributed by atoms with van der Waals surface area (Å²) in [6.45, 7) is 6.71. The molecule has 1 aliphatic carbocycles. The summed E-state index contributed by atoms with van der Waals surface area (Å²) in [7, 11) is 1.68. The summed E-state index contributed by atoms with van der Waals surface area (Å²) in [6, 6.07) is 14.4. The van der Waals surface area contributed by atoms with Crippen LogP contribution in [0.3, 0.4) is 0 Å². The fourth-order valence-electron chi connectivity index (χ4n) is 3.34. The zero-order valence-electron chi connectivity index (χ0n) is 15.8. The number of hydrogen-bond donors (Lipinski definition) is 1. The summed E-state index contributed by atoms with van der Waals surface area (Å²) in [6.07, 6.45) is 5.25. The van der Waals surface area contributed by atoms with E-state index in [0.29, 0.717) is 6.10 Å². The van der Waals surface area contributed by atoms with Gasteiger partial charge in [0.15, 0.2) is 0 Å². The van der Waals surface area contributed by atoms with E-state index in [1.807, 2.05) is 24.3 Å². The molecule has 2 aromatic rings. The first-order valence-electron chi connectivity index (χ1n) is 9.18. The number of methoxy groups -OCH3 is 1. The number of benzene rings is 2. The number of anilines is 2. The second-order valence-electron chi connectivity index (χ2n) is 7.84. The Morgan fingerprint density at radius 1 is 0.920 bits per heavy atom. The minimum absolute atomic E-state index is 0.0621. The summed E-state index contributed by atoms with van der Waals surface area (Å²) < 4.78 is 11.6. The van der Waals surface area contributed by atoms with Gasteiger partial charge < -0.3 is 14.8 Å². The van der Waals surface area contributed by atoms with Crippen LogP contribution in [0.2, 0.25) is 0 Å². The quantitative estimate of drug-likeness (QED) is 0.718. The van der Waals surface area contributed by atoms with Crippen molar-refractivity contribution in [3.05, 3.63) is 48.0 Å². The van der Waals surface area contributed by atoms with Crippen LogP contribution in [0.15, 0.2) is 42.5 Å². The molecule has 0 atom stereocenters. The summed E-state index contributed by atoms with van der Waals surface area (Å²) in [5.74, 6) is 1.87. The minimum Gasteiger partial charge on any atom is -0.497 e. The second kappa shape index (κ2) is 7.38. The van der Waals surface area contributed by atoms with Gasteiger partial charge in [-0.1, -0.05) is 26.8 Å². The van der Waals surface area contributed by atoms with Crippen LogP contribution >= 0.6 is 0 Å². The normalized spacial score (nSPS) is 15.2. The van der Waals surface area contributed by atoms with Crippen LogP contribution in [0.1, 0.15) is 52.0 Å². The van der Waals surface area contributed by atoms with Gasteiger partial charge in [0.2, 0.25) is 0 Å². The first kappa shape index (κ1) is 17.7. The van der Waals surface area contributed by atoms with Crippen LogP contribution in [0.5, 0.6) is 11.5 Å². The molecular formula is C22H29NO2. The van der Waals surface area contributed by atoms with Crippen molar-refractivity contribution in [1.29, 1.82) is 0 Å². The van der Waals surface area contributed by atoms with Crippen LogP contribution in [0.25, 0.3) is 0 Å². The fourth-order valence-corrected chi connectivity index (χ4v) is 3.34. The van der Waals surface area contributed by atoms with Crippen molar-refractivity contribution in [2.24, 2.45) is 0 Å². The highest BCUT2D eigenvalue weighted by molar-refractivity contribution is 5.63. The molecule has 134 valence electrons. The van der Waals surface area contributed by atoms with Crippen molar-refractivity contribution in [3.8, 4) is 11.5 Å². The largest absolute Gasteiger partial charge is 0.497 e. The van der Waals surface area contributed by atoms with Gasteiger partial charge in [-0.15, -0.1) is 0 Å². The molecule has 2 aromatic carbocycles. The lowest BCUT2D eigenvalue weighted by Crippen LogP contribution is -2.18. The van der Waals surface area contributed by atoms with E-state index in [2.05, 4.69) is 44.3 Å². The maximum atomic E-state index is 6.39. The van der Waals surface area contributed by atoms with Crippen LogP contribution in [-0.2, 0) is 5.41 Å². The molecule has 1 saturated carbocycles. The standard InChI is InChI=1S/C22H29NO2/c1-22(2,3)20-14-11-17(15-21(20)25-19-7-5-6-8-19)23-16-9-12-18(24-4)13-10-16/h9-15,19,23H,5-8H2,1-4H3. The van der Waals surface area contributed by atoms with Crippen molar-refractivity contribution >= 4 is 11.4 Å². The third-order valence-corrected chi connectivity index (χ3v) is 4.76. The molecule has 3 heteroatoms. The number of nitrogens with one attached hydrogen (secondary N) is 1. The SMILES string of the molecule is COc1ccc(Nc2ccc(C(C)(C)C)c(OC3CCCC3)c2)cc1. The predicted molar refractivity (Wildman–Crippen MR) is 104 cm³/mol. The van der Waals surface area contributed by atoms with Crippen LogP contribution < -0.4 is 14.8 Å². The fraction of sp³-hybridized carbons (Fsp3) is 0.455. The maximum absolute atomic E-state index is 6.39. The predicted octanol–water partition coefficient (Wildman–Crippen LogP) is 6.06. The Labute approximate surface area is 151 Å². The van der Waals surface area contributed by atoms with E-state index in [1.165, 1.54) is 31.2 Å². The lowest BCUT2D eigenvalue weighted by molar-refractivity contribution is 0.205. The lowest BCUT2D eigenvalue weighted by atomic mass is 9.86. The van der Waals surface area contributed by atoms with Crippen molar-refractivity contribution in [2.75, 3.05) is 12.4 Å².